The molecule has 1 saturated heterocycles. The van der Waals surface area contributed by atoms with E-state index in [1.54, 1.807) is 24.1 Å². The number of carbonyl (C=O) groups excluding carboxylic acids is 1. The molecule has 1 aromatic rings. The molecule has 2 rings (SSSR count). The zero-order valence-electron chi connectivity index (χ0n) is 14.1. The van der Waals surface area contributed by atoms with Gasteiger partial charge in [0.05, 0.1) is 12.0 Å². The highest BCUT2D eigenvalue weighted by molar-refractivity contribution is 9.10. The molecule has 0 unspecified atom stereocenters. The Hall–Kier alpha value is -0.690. The van der Waals surface area contributed by atoms with E-state index in [-0.39, 0.29) is 30.7 Å². The van der Waals surface area contributed by atoms with Crippen LogP contribution in [0.15, 0.2) is 22.7 Å². The van der Waals surface area contributed by atoms with Crippen molar-refractivity contribution < 1.29 is 13.9 Å². The molecule has 4 nitrogen and oxygen atoms in total. The van der Waals surface area contributed by atoms with Crippen LogP contribution >= 0.6 is 28.3 Å². The maximum absolute atomic E-state index is 14.0. The highest BCUT2D eigenvalue weighted by atomic mass is 79.9. The van der Waals surface area contributed by atoms with Gasteiger partial charge in [-0.15, -0.1) is 12.4 Å². The number of benzene rings is 1. The van der Waals surface area contributed by atoms with E-state index < -0.39 is 5.41 Å². The molecule has 1 aromatic carbocycles. The first-order valence-corrected chi connectivity index (χ1v) is 8.74. The summed E-state index contributed by atoms with van der Waals surface area (Å²) >= 11 is 3.36. The minimum absolute atomic E-state index is 0. The molecule has 0 radical (unpaired) electrons. The van der Waals surface area contributed by atoms with Crippen LogP contribution in [0.2, 0.25) is 0 Å². The molecule has 0 atom stereocenters. The summed E-state index contributed by atoms with van der Waals surface area (Å²) in [6.07, 6.45) is 1.49. The Balaban J connectivity index is 0.00000288. The first-order valence-electron chi connectivity index (χ1n) is 7.95. The van der Waals surface area contributed by atoms with Crippen LogP contribution in [0.5, 0.6) is 0 Å². The van der Waals surface area contributed by atoms with Gasteiger partial charge in [0.1, 0.15) is 5.82 Å². The predicted molar refractivity (Wildman–Crippen MR) is 98.9 cm³/mol. The normalized spacial score (nSPS) is 16.3. The van der Waals surface area contributed by atoms with Crippen molar-refractivity contribution in [2.24, 2.45) is 5.41 Å². The van der Waals surface area contributed by atoms with Gasteiger partial charge in [0.15, 0.2) is 0 Å². The van der Waals surface area contributed by atoms with Gasteiger partial charge in [-0.2, -0.15) is 0 Å². The van der Waals surface area contributed by atoms with Crippen LogP contribution in [0.25, 0.3) is 0 Å². The van der Waals surface area contributed by atoms with Crippen molar-refractivity contribution in [3.63, 3.8) is 0 Å². The Kier molecular flexibility index (Phi) is 8.63. The Labute approximate surface area is 157 Å². The van der Waals surface area contributed by atoms with Crippen LogP contribution < -0.4 is 5.32 Å². The van der Waals surface area contributed by atoms with E-state index in [0.717, 1.165) is 30.4 Å². The number of amides is 1. The number of carbonyl (C=O) groups is 1. The maximum Gasteiger partial charge on any atom is 0.231 e. The van der Waals surface area contributed by atoms with E-state index >= 15 is 0 Å². The topological polar surface area (TPSA) is 41.6 Å². The second-order valence-electron chi connectivity index (χ2n) is 6.02. The van der Waals surface area contributed by atoms with E-state index in [4.69, 9.17) is 4.74 Å². The molecule has 1 aliphatic heterocycles. The summed E-state index contributed by atoms with van der Waals surface area (Å²) in [5.41, 5.74) is 0.0227. The van der Waals surface area contributed by atoms with Gasteiger partial charge >= 0.3 is 0 Å². The lowest BCUT2D eigenvalue weighted by Gasteiger charge is -2.39. The lowest BCUT2D eigenvalue weighted by atomic mass is 9.78. The number of hydrogen-bond donors (Lipinski definition) is 1. The molecule has 136 valence electrons. The second-order valence-corrected chi connectivity index (χ2v) is 6.93. The third-order valence-corrected chi connectivity index (χ3v) is 4.97. The van der Waals surface area contributed by atoms with E-state index in [2.05, 4.69) is 21.2 Å². The molecule has 0 saturated carbocycles. The summed E-state index contributed by atoms with van der Waals surface area (Å²) in [4.78, 5) is 14.9. The van der Waals surface area contributed by atoms with E-state index in [1.807, 2.05) is 6.92 Å². The fourth-order valence-electron chi connectivity index (χ4n) is 3.13. The summed E-state index contributed by atoms with van der Waals surface area (Å²) < 4.78 is 20.2. The smallest absolute Gasteiger partial charge is 0.231 e. The number of nitrogens with zero attached hydrogens (tertiary/aromatic N) is 1. The lowest BCUT2D eigenvalue weighted by Crippen LogP contribution is -2.51. The van der Waals surface area contributed by atoms with E-state index in [1.165, 1.54) is 6.07 Å². The molecule has 1 heterocycles. The van der Waals surface area contributed by atoms with Crippen molar-refractivity contribution in [1.82, 2.24) is 10.2 Å². The number of halogens is 3. The molecular weight excluding hydrogens is 399 g/mol. The Morgan fingerprint density at radius 1 is 1.42 bits per heavy atom. The van der Waals surface area contributed by atoms with Gasteiger partial charge in [-0.1, -0.05) is 15.9 Å². The van der Waals surface area contributed by atoms with Crippen LogP contribution in [0.1, 0.15) is 25.3 Å². The first kappa shape index (κ1) is 21.4. The number of nitrogens with one attached hydrogen (secondary N) is 1. The fraction of sp³-hybridized carbons (Fsp3) is 0.588. The highest BCUT2D eigenvalue weighted by Crippen LogP contribution is 2.32. The highest BCUT2D eigenvalue weighted by Gasteiger charge is 2.42. The van der Waals surface area contributed by atoms with E-state index in [0.29, 0.717) is 18.7 Å². The third-order valence-electron chi connectivity index (χ3n) is 4.47. The van der Waals surface area contributed by atoms with Gasteiger partial charge in [0.25, 0.3) is 0 Å². The zero-order chi connectivity index (χ0) is 16.9. The van der Waals surface area contributed by atoms with Crippen LogP contribution in [-0.4, -0.2) is 44.2 Å². The zero-order valence-corrected chi connectivity index (χ0v) is 16.5. The van der Waals surface area contributed by atoms with Gasteiger partial charge in [-0.05, 0) is 51.1 Å². The molecule has 1 fully saturated rings. The molecule has 0 bridgehead atoms. The summed E-state index contributed by atoms with van der Waals surface area (Å²) in [6.45, 7) is 4.76. The monoisotopic (exact) mass is 422 g/mol. The fourth-order valence-corrected chi connectivity index (χ4v) is 3.54. The molecule has 24 heavy (non-hydrogen) atoms. The number of methoxy groups -OCH3 is 1. The van der Waals surface area contributed by atoms with Crippen LogP contribution in [-0.2, 0) is 16.1 Å². The van der Waals surface area contributed by atoms with Crippen molar-refractivity contribution in [3.05, 3.63) is 34.1 Å². The van der Waals surface area contributed by atoms with Gasteiger partial charge < -0.3 is 15.0 Å². The van der Waals surface area contributed by atoms with Crippen LogP contribution in [0.3, 0.4) is 0 Å². The van der Waals surface area contributed by atoms with Gasteiger partial charge in [0, 0.05) is 30.2 Å². The quantitative estimate of drug-likeness (QED) is 0.763. The lowest BCUT2D eigenvalue weighted by molar-refractivity contribution is -0.148. The van der Waals surface area contributed by atoms with Gasteiger partial charge in [-0.3, -0.25) is 4.79 Å². The predicted octanol–water partition coefficient (Wildman–Crippen LogP) is 3.37. The average molecular weight is 424 g/mol. The summed E-state index contributed by atoms with van der Waals surface area (Å²) in [7, 11) is 1.63. The summed E-state index contributed by atoms with van der Waals surface area (Å²) in [5.74, 6) is -0.228. The van der Waals surface area contributed by atoms with Crippen molar-refractivity contribution in [2.75, 3.05) is 33.4 Å². The molecular formula is C17H25BrClFN2O2. The van der Waals surface area contributed by atoms with Crippen molar-refractivity contribution >= 4 is 34.2 Å². The van der Waals surface area contributed by atoms with Gasteiger partial charge in [0.2, 0.25) is 5.91 Å². The average Bonchev–Trinajstić information content (AvgIpc) is 2.56. The maximum atomic E-state index is 14.0. The SMILES string of the molecule is CCN(Cc1cc(Br)ccc1F)C(=O)C1(COC)CCNCC1.Cl. The molecule has 1 amide bonds. The minimum Gasteiger partial charge on any atom is -0.384 e. The summed E-state index contributed by atoms with van der Waals surface area (Å²) in [6, 6.07) is 4.82. The third kappa shape index (κ3) is 4.91. The molecule has 1 aliphatic rings. The second kappa shape index (κ2) is 9.70. The largest absolute Gasteiger partial charge is 0.384 e. The molecule has 0 aromatic heterocycles. The minimum atomic E-state index is -0.501. The number of rotatable bonds is 6. The molecule has 7 heteroatoms. The Bertz CT molecular complexity index is 548. The number of ether oxygens (including phenoxy) is 1. The van der Waals surface area contributed by atoms with Crippen molar-refractivity contribution in [2.45, 2.75) is 26.3 Å². The van der Waals surface area contributed by atoms with Crippen molar-refractivity contribution in [1.29, 1.82) is 0 Å². The summed E-state index contributed by atoms with van der Waals surface area (Å²) in [5, 5.41) is 3.28. The molecule has 0 aliphatic carbocycles. The first-order chi connectivity index (χ1) is 11.0. The standard InChI is InChI=1S/C17H24BrFN2O2.ClH/c1-3-21(11-13-10-14(18)4-5-15(13)19)16(22)17(12-23-2)6-8-20-9-7-17;/h4-5,10,20H,3,6-9,11-12H2,1-2H3;1H. The van der Waals surface area contributed by atoms with Gasteiger partial charge in [-0.25, -0.2) is 4.39 Å². The molecule has 0 spiro atoms. The molecule has 1 N–H and O–H groups in total. The van der Waals surface area contributed by atoms with Crippen LogP contribution in [0.4, 0.5) is 4.39 Å². The Morgan fingerprint density at radius 3 is 2.67 bits per heavy atom. The Morgan fingerprint density at radius 2 is 2.08 bits per heavy atom. The van der Waals surface area contributed by atoms with Crippen LogP contribution in [0, 0.1) is 11.2 Å². The number of piperidine rings is 1. The van der Waals surface area contributed by atoms with Crippen molar-refractivity contribution in [3.8, 4) is 0 Å². The number of hydrogen-bond acceptors (Lipinski definition) is 3. The van der Waals surface area contributed by atoms with E-state index in [9.17, 15) is 9.18 Å².